The highest BCUT2D eigenvalue weighted by Crippen LogP contribution is 2.44. The number of fused-ring (bicyclic) bond motifs is 3. The van der Waals surface area contributed by atoms with Crippen molar-refractivity contribution in [2.45, 2.75) is 63.5 Å². The summed E-state index contributed by atoms with van der Waals surface area (Å²) in [6.07, 6.45) is 4.14. The van der Waals surface area contributed by atoms with E-state index in [0.29, 0.717) is 0 Å². The Kier molecular flexibility index (Phi) is 7.73. The first-order valence-electron chi connectivity index (χ1n) is 12.5. The quantitative estimate of drug-likeness (QED) is 0.568. The third-order valence-electron chi connectivity index (χ3n) is 7.28. The average Bonchev–Trinajstić information content (AvgIpc) is 3.16. The summed E-state index contributed by atoms with van der Waals surface area (Å²) >= 11 is 0. The lowest BCUT2D eigenvalue weighted by Gasteiger charge is -2.35. The Balaban J connectivity index is 1.48. The lowest BCUT2D eigenvalue weighted by molar-refractivity contribution is -0.137. The van der Waals surface area contributed by atoms with Gasteiger partial charge in [0, 0.05) is 19.0 Å². The van der Waals surface area contributed by atoms with E-state index in [0.717, 1.165) is 54.4 Å². The van der Waals surface area contributed by atoms with Crippen LogP contribution in [0.2, 0.25) is 0 Å². The van der Waals surface area contributed by atoms with Crippen molar-refractivity contribution in [1.29, 1.82) is 0 Å². The molecule has 2 N–H and O–H groups in total. The van der Waals surface area contributed by atoms with Gasteiger partial charge in [-0.05, 0) is 47.9 Å². The molecule has 7 heteroatoms. The second-order valence-corrected chi connectivity index (χ2v) is 9.77. The molecule has 1 fully saturated rings. The summed E-state index contributed by atoms with van der Waals surface area (Å²) in [4.78, 5) is 38.9. The minimum Gasteiger partial charge on any atom is -0.481 e. The number of ether oxygens (including phenoxy) is 1. The van der Waals surface area contributed by atoms with Gasteiger partial charge in [0.2, 0.25) is 5.91 Å². The lowest BCUT2D eigenvalue weighted by atomic mass is 9.83. The van der Waals surface area contributed by atoms with E-state index in [4.69, 9.17) is 9.84 Å². The number of carboxylic acid groups (broad SMARTS) is 1. The molecule has 2 aromatic carbocycles. The molecule has 0 bridgehead atoms. The molecule has 1 saturated carbocycles. The second-order valence-electron chi connectivity index (χ2n) is 9.77. The van der Waals surface area contributed by atoms with E-state index in [1.807, 2.05) is 24.3 Å². The first kappa shape index (κ1) is 24.8. The zero-order chi connectivity index (χ0) is 24.9. The van der Waals surface area contributed by atoms with Crippen molar-refractivity contribution in [1.82, 2.24) is 10.2 Å². The normalized spacial score (nSPS) is 17.1. The lowest BCUT2D eigenvalue weighted by Crippen LogP contribution is -2.54. The van der Waals surface area contributed by atoms with Crippen molar-refractivity contribution in [2.75, 3.05) is 13.7 Å². The van der Waals surface area contributed by atoms with Gasteiger partial charge in [-0.3, -0.25) is 14.5 Å². The summed E-state index contributed by atoms with van der Waals surface area (Å²) in [5.41, 5.74) is 4.58. The van der Waals surface area contributed by atoms with Crippen molar-refractivity contribution in [3.63, 3.8) is 0 Å². The van der Waals surface area contributed by atoms with E-state index in [2.05, 4.69) is 29.6 Å². The van der Waals surface area contributed by atoms with E-state index in [-0.39, 0.29) is 30.8 Å². The number of carbonyl (C=O) groups excluding carboxylic acids is 2. The zero-order valence-corrected chi connectivity index (χ0v) is 20.4. The molecule has 0 spiro atoms. The first-order valence-corrected chi connectivity index (χ1v) is 12.5. The van der Waals surface area contributed by atoms with Gasteiger partial charge in [-0.2, -0.15) is 0 Å². The maximum absolute atomic E-state index is 13.2. The van der Waals surface area contributed by atoms with Gasteiger partial charge in [-0.15, -0.1) is 0 Å². The maximum Gasteiger partial charge on any atom is 0.410 e. The van der Waals surface area contributed by atoms with Crippen LogP contribution >= 0.6 is 0 Å². The number of nitrogens with one attached hydrogen (secondary N) is 1. The van der Waals surface area contributed by atoms with E-state index >= 15 is 0 Å². The standard InChI is InChI=1S/C28H34N2O5/c1-18(16-25(31)32)29-27(33)26(19-10-4-3-5-11-19)30(2)28(34)35-17-24-22-14-8-6-12-20(22)21-13-7-9-15-23(21)24/h6-9,12-15,18-19,24,26H,3-5,10-11,16-17H2,1-2H3,(H,29,33)(H,31,32)/t18-,26+/m1/s1. The molecule has 0 radical (unpaired) electrons. The molecule has 2 atom stereocenters. The Morgan fingerprint density at radius 2 is 1.57 bits per heavy atom. The summed E-state index contributed by atoms with van der Waals surface area (Å²) in [5.74, 6) is -1.33. The summed E-state index contributed by atoms with van der Waals surface area (Å²) in [5, 5.41) is 11.9. The average molecular weight is 479 g/mol. The number of hydrogen-bond donors (Lipinski definition) is 2. The van der Waals surface area contributed by atoms with Crippen LogP contribution in [0.3, 0.4) is 0 Å². The Morgan fingerprint density at radius 3 is 2.14 bits per heavy atom. The fraction of sp³-hybridized carbons (Fsp3) is 0.464. The van der Waals surface area contributed by atoms with E-state index in [1.54, 1.807) is 14.0 Å². The van der Waals surface area contributed by atoms with Crippen LogP contribution in [0.4, 0.5) is 4.79 Å². The third kappa shape index (κ3) is 5.50. The van der Waals surface area contributed by atoms with Gasteiger partial charge >= 0.3 is 12.1 Å². The van der Waals surface area contributed by atoms with Gasteiger partial charge in [-0.1, -0.05) is 67.8 Å². The van der Waals surface area contributed by atoms with Crippen LogP contribution in [0.5, 0.6) is 0 Å². The molecule has 0 aromatic heterocycles. The molecule has 2 amide bonds. The molecular weight excluding hydrogens is 444 g/mol. The Hall–Kier alpha value is -3.35. The molecule has 186 valence electrons. The van der Waals surface area contributed by atoms with Crippen LogP contribution in [0.15, 0.2) is 48.5 Å². The maximum atomic E-state index is 13.2. The van der Waals surface area contributed by atoms with Gasteiger partial charge in [0.25, 0.3) is 0 Å². The fourth-order valence-electron chi connectivity index (χ4n) is 5.61. The van der Waals surface area contributed by atoms with Gasteiger partial charge in [0.15, 0.2) is 0 Å². The summed E-state index contributed by atoms with van der Waals surface area (Å²) in [7, 11) is 1.61. The smallest absolute Gasteiger partial charge is 0.410 e. The second kappa shape index (κ2) is 10.9. The molecule has 2 aliphatic rings. The van der Waals surface area contributed by atoms with Crippen molar-refractivity contribution in [3.8, 4) is 11.1 Å². The molecule has 0 saturated heterocycles. The van der Waals surface area contributed by atoms with Crippen LogP contribution < -0.4 is 5.32 Å². The molecule has 35 heavy (non-hydrogen) atoms. The van der Waals surface area contributed by atoms with Gasteiger partial charge in [-0.25, -0.2) is 4.79 Å². The Bertz CT molecular complexity index is 1030. The largest absolute Gasteiger partial charge is 0.481 e. The number of benzene rings is 2. The molecular formula is C28H34N2O5. The minimum atomic E-state index is -0.975. The van der Waals surface area contributed by atoms with E-state index in [1.165, 1.54) is 4.90 Å². The number of aliphatic carboxylic acids is 1. The zero-order valence-electron chi connectivity index (χ0n) is 20.4. The van der Waals surface area contributed by atoms with Crippen LogP contribution in [-0.4, -0.2) is 53.7 Å². The number of amides is 2. The number of carboxylic acids is 1. The number of nitrogens with zero attached hydrogens (tertiary/aromatic N) is 1. The van der Waals surface area contributed by atoms with Crippen molar-refractivity contribution in [3.05, 3.63) is 59.7 Å². The predicted octanol–water partition coefficient (Wildman–Crippen LogP) is 4.80. The van der Waals surface area contributed by atoms with Crippen LogP contribution in [0.25, 0.3) is 11.1 Å². The summed E-state index contributed by atoms with van der Waals surface area (Å²) in [6.45, 7) is 1.85. The summed E-state index contributed by atoms with van der Waals surface area (Å²) in [6, 6.07) is 15.1. The van der Waals surface area contributed by atoms with E-state index in [9.17, 15) is 14.4 Å². The summed E-state index contributed by atoms with van der Waals surface area (Å²) < 4.78 is 5.81. The van der Waals surface area contributed by atoms with Gasteiger partial charge in [0.1, 0.15) is 12.6 Å². The number of carbonyl (C=O) groups is 3. The molecule has 2 aliphatic carbocycles. The number of likely N-dealkylation sites (N-methyl/N-ethyl adjacent to an activating group) is 1. The van der Waals surface area contributed by atoms with Crippen molar-refractivity contribution >= 4 is 18.0 Å². The van der Waals surface area contributed by atoms with Crippen LogP contribution in [0.1, 0.15) is 62.5 Å². The van der Waals surface area contributed by atoms with Gasteiger partial charge in [0.05, 0.1) is 6.42 Å². The Morgan fingerprint density at radius 1 is 1.00 bits per heavy atom. The van der Waals surface area contributed by atoms with Crippen LogP contribution in [0, 0.1) is 5.92 Å². The molecule has 4 rings (SSSR count). The molecule has 2 aromatic rings. The molecule has 0 aliphatic heterocycles. The molecule has 0 unspecified atom stereocenters. The highest BCUT2D eigenvalue weighted by molar-refractivity contribution is 5.86. The van der Waals surface area contributed by atoms with Gasteiger partial charge < -0.3 is 15.2 Å². The highest BCUT2D eigenvalue weighted by atomic mass is 16.6. The fourth-order valence-corrected chi connectivity index (χ4v) is 5.61. The predicted molar refractivity (Wildman–Crippen MR) is 133 cm³/mol. The minimum absolute atomic E-state index is 0.0197. The topological polar surface area (TPSA) is 95.9 Å². The van der Waals surface area contributed by atoms with Crippen molar-refractivity contribution < 1.29 is 24.2 Å². The number of rotatable bonds is 8. The Labute approximate surface area is 206 Å². The van der Waals surface area contributed by atoms with Crippen LogP contribution in [-0.2, 0) is 14.3 Å². The van der Waals surface area contributed by atoms with Crippen molar-refractivity contribution in [2.24, 2.45) is 5.92 Å². The number of hydrogen-bond acceptors (Lipinski definition) is 4. The molecule has 0 heterocycles. The SMILES string of the molecule is C[C@H](CC(=O)O)NC(=O)[C@H](C1CCCCC1)N(C)C(=O)OCC1c2ccccc2-c2ccccc21. The molecule has 7 nitrogen and oxygen atoms in total. The third-order valence-corrected chi connectivity index (χ3v) is 7.28. The monoisotopic (exact) mass is 478 g/mol. The highest BCUT2D eigenvalue weighted by Gasteiger charge is 2.37. The van der Waals surface area contributed by atoms with E-state index < -0.39 is 24.1 Å². The first-order chi connectivity index (χ1) is 16.9.